The van der Waals surface area contributed by atoms with Crippen LogP contribution in [0.1, 0.15) is 5.56 Å². The highest BCUT2D eigenvalue weighted by molar-refractivity contribution is 8.14. The van der Waals surface area contributed by atoms with Crippen molar-refractivity contribution >= 4 is 16.8 Å². The third-order valence-corrected chi connectivity index (χ3v) is 3.33. The van der Waals surface area contributed by atoms with Crippen molar-refractivity contribution < 1.29 is 0 Å². The molecule has 0 bridgehead atoms. The molecule has 1 aliphatic heterocycles. The van der Waals surface area contributed by atoms with Gasteiger partial charge in [0.25, 0.3) is 0 Å². The van der Waals surface area contributed by atoms with E-state index in [1.54, 1.807) is 0 Å². The van der Waals surface area contributed by atoms with E-state index in [9.17, 15) is 0 Å². The molecule has 2 nitrogen and oxygen atoms in total. The van der Waals surface area contributed by atoms with Gasteiger partial charge in [0.05, 0.1) is 5.04 Å². The van der Waals surface area contributed by atoms with E-state index < -0.39 is 0 Å². The van der Waals surface area contributed by atoms with Gasteiger partial charge in [0.1, 0.15) is 6.17 Å². The largest absolute Gasteiger partial charge is 0.287 e. The maximum Gasteiger partial charge on any atom is 0.112 e. The lowest BCUT2D eigenvalue weighted by Gasteiger charge is -2.13. The van der Waals surface area contributed by atoms with Crippen molar-refractivity contribution in [3.05, 3.63) is 35.9 Å². The van der Waals surface area contributed by atoms with Gasteiger partial charge in [-0.25, -0.2) is 0 Å². The zero-order chi connectivity index (χ0) is 9.97. The summed E-state index contributed by atoms with van der Waals surface area (Å²) >= 11 is 1.84. The predicted octanol–water partition coefficient (Wildman–Crippen LogP) is 2.07. The fourth-order valence-electron chi connectivity index (χ4n) is 1.37. The van der Waals surface area contributed by atoms with Crippen molar-refractivity contribution in [3.63, 3.8) is 0 Å². The Hall–Kier alpha value is -0.800. The van der Waals surface area contributed by atoms with E-state index in [-0.39, 0.29) is 0 Å². The van der Waals surface area contributed by atoms with Crippen LogP contribution in [0.3, 0.4) is 0 Å². The first kappa shape index (κ1) is 9.74. The fourth-order valence-corrected chi connectivity index (χ4v) is 2.55. The molecule has 74 valence electrons. The van der Waals surface area contributed by atoms with Crippen LogP contribution in [0.15, 0.2) is 35.3 Å². The summed E-state index contributed by atoms with van der Waals surface area (Å²) in [6.45, 7) is 0. The lowest BCUT2D eigenvalue weighted by Crippen LogP contribution is -2.25. The molecule has 0 amide bonds. The van der Waals surface area contributed by atoms with Gasteiger partial charge in [-0.3, -0.25) is 9.89 Å². The molecule has 0 N–H and O–H groups in total. The van der Waals surface area contributed by atoms with Crippen LogP contribution in [0.2, 0.25) is 0 Å². The van der Waals surface area contributed by atoms with Gasteiger partial charge in [0.2, 0.25) is 0 Å². The summed E-state index contributed by atoms with van der Waals surface area (Å²) in [7, 11) is 4.14. The first-order chi connectivity index (χ1) is 6.77. The lowest BCUT2D eigenvalue weighted by molar-refractivity contribution is 0.332. The van der Waals surface area contributed by atoms with Gasteiger partial charge in [0.15, 0.2) is 0 Å². The molecule has 1 aromatic rings. The average molecular weight is 206 g/mol. The van der Waals surface area contributed by atoms with Crippen LogP contribution >= 0.6 is 11.8 Å². The number of aliphatic imine (C=N–C) groups is 1. The summed E-state index contributed by atoms with van der Waals surface area (Å²) in [6, 6.07) is 10.4. The number of nitrogens with zero attached hydrogens (tertiary/aromatic N) is 2. The summed E-state index contributed by atoms with van der Waals surface area (Å²) in [5.41, 5.74) is 1.24. The van der Waals surface area contributed by atoms with Crippen LogP contribution in [-0.2, 0) is 0 Å². The number of benzene rings is 1. The topological polar surface area (TPSA) is 15.6 Å². The molecule has 0 aromatic heterocycles. The van der Waals surface area contributed by atoms with Crippen LogP contribution in [0, 0.1) is 0 Å². The molecule has 0 spiro atoms. The molecule has 1 unspecified atom stereocenters. The third-order valence-electron chi connectivity index (χ3n) is 2.25. The molecule has 1 atom stereocenters. The van der Waals surface area contributed by atoms with Crippen LogP contribution in [0.4, 0.5) is 0 Å². The molecule has 0 saturated heterocycles. The van der Waals surface area contributed by atoms with E-state index in [1.165, 1.54) is 10.6 Å². The van der Waals surface area contributed by atoms with Gasteiger partial charge in [-0.05, 0) is 14.1 Å². The standard InChI is InChI=1S/C11H14N2S/c1-13(2)10-8-14-11(12-10)9-6-4-3-5-7-9/h3-7,10H,8H2,1-2H3. The highest BCUT2D eigenvalue weighted by atomic mass is 32.2. The number of rotatable bonds is 2. The predicted molar refractivity (Wildman–Crippen MR) is 62.9 cm³/mol. The Morgan fingerprint density at radius 1 is 1.29 bits per heavy atom. The van der Waals surface area contributed by atoms with Crippen LogP contribution in [-0.4, -0.2) is 36.0 Å². The maximum absolute atomic E-state index is 4.66. The number of hydrogen-bond donors (Lipinski definition) is 0. The van der Waals surface area contributed by atoms with Crippen molar-refractivity contribution in [2.75, 3.05) is 19.8 Å². The van der Waals surface area contributed by atoms with Crippen molar-refractivity contribution in [2.24, 2.45) is 4.99 Å². The third kappa shape index (κ3) is 1.99. The van der Waals surface area contributed by atoms with Crippen molar-refractivity contribution in [1.29, 1.82) is 0 Å². The SMILES string of the molecule is CN(C)C1CSC(c2ccccc2)=N1. The van der Waals surface area contributed by atoms with Crippen molar-refractivity contribution in [2.45, 2.75) is 6.17 Å². The Morgan fingerprint density at radius 2 is 2.00 bits per heavy atom. The minimum Gasteiger partial charge on any atom is -0.287 e. The Kier molecular flexibility index (Phi) is 2.89. The highest BCUT2D eigenvalue weighted by Gasteiger charge is 2.20. The monoisotopic (exact) mass is 206 g/mol. The molecule has 1 heterocycles. The first-order valence-electron chi connectivity index (χ1n) is 4.70. The zero-order valence-electron chi connectivity index (χ0n) is 8.47. The molecule has 14 heavy (non-hydrogen) atoms. The van der Waals surface area contributed by atoms with Gasteiger partial charge in [0, 0.05) is 11.3 Å². The summed E-state index contributed by atoms with van der Waals surface area (Å²) in [4.78, 5) is 6.82. The smallest absolute Gasteiger partial charge is 0.112 e. The van der Waals surface area contributed by atoms with Crippen LogP contribution in [0.25, 0.3) is 0 Å². The number of hydrogen-bond acceptors (Lipinski definition) is 3. The maximum atomic E-state index is 4.66. The van der Waals surface area contributed by atoms with E-state index in [2.05, 4.69) is 48.3 Å². The van der Waals surface area contributed by atoms with Gasteiger partial charge >= 0.3 is 0 Å². The molecule has 0 aliphatic carbocycles. The first-order valence-corrected chi connectivity index (χ1v) is 5.68. The highest BCUT2D eigenvalue weighted by Crippen LogP contribution is 2.23. The Morgan fingerprint density at radius 3 is 2.57 bits per heavy atom. The van der Waals surface area contributed by atoms with E-state index >= 15 is 0 Å². The zero-order valence-corrected chi connectivity index (χ0v) is 9.29. The van der Waals surface area contributed by atoms with Crippen molar-refractivity contribution in [1.82, 2.24) is 4.90 Å². The molecule has 1 aliphatic rings. The molecule has 0 radical (unpaired) electrons. The Labute approximate surface area is 89.0 Å². The summed E-state index contributed by atoms with van der Waals surface area (Å²) in [6.07, 6.45) is 0.343. The van der Waals surface area contributed by atoms with Gasteiger partial charge in [-0.15, -0.1) is 11.8 Å². The quantitative estimate of drug-likeness (QED) is 0.736. The van der Waals surface area contributed by atoms with E-state index in [4.69, 9.17) is 0 Å². The van der Waals surface area contributed by atoms with Gasteiger partial charge in [-0.2, -0.15) is 0 Å². The van der Waals surface area contributed by atoms with Crippen molar-refractivity contribution in [3.8, 4) is 0 Å². The summed E-state index contributed by atoms with van der Waals surface area (Å²) in [5.74, 6) is 1.07. The minimum absolute atomic E-state index is 0.343. The van der Waals surface area contributed by atoms with E-state index in [0.717, 1.165) is 5.75 Å². The molecule has 0 saturated carbocycles. The second-order valence-corrected chi connectivity index (χ2v) is 4.56. The minimum atomic E-state index is 0.343. The molecular weight excluding hydrogens is 192 g/mol. The second kappa shape index (κ2) is 4.15. The lowest BCUT2D eigenvalue weighted by atomic mass is 10.2. The summed E-state index contributed by atoms with van der Waals surface area (Å²) < 4.78 is 0. The molecule has 2 rings (SSSR count). The second-order valence-electron chi connectivity index (χ2n) is 3.56. The van der Waals surface area contributed by atoms with Crippen LogP contribution in [0.5, 0.6) is 0 Å². The molecule has 1 aromatic carbocycles. The normalized spacial score (nSPS) is 21.4. The number of thioether (sulfide) groups is 1. The van der Waals surface area contributed by atoms with Gasteiger partial charge < -0.3 is 0 Å². The Balaban J connectivity index is 2.18. The summed E-state index contributed by atoms with van der Waals surface area (Å²) in [5, 5.41) is 1.17. The Bertz CT molecular complexity index is 332. The molecule has 3 heteroatoms. The van der Waals surface area contributed by atoms with E-state index in [1.807, 2.05) is 17.8 Å². The molecular formula is C11H14N2S. The average Bonchev–Trinajstić information content (AvgIpc) is 2.68. The van der Waals surface area contributed by atoms with Gasteiger partial charge in [-0.1, -0.05) is 30.3 Å². The molecule has 0 fully saturated rings. The van der Waals surface area contributed by atoms with E-state index in [0.29, 0.717) is 6.17 Å². The fraction of sp³-hybridized carbons (Fsp3) is 0.364. The van der Waals surface area contributed by atoms with Crippen LogP contribution < -0.4 is 0 Å².